The van der Waals surface area contributed by atoms with Gasteiger partial charge in [0.15, 0.2) is 0 Å². The Kier molecular flexibility index (Phi) is 4.38. The summed E-state index contributed by atoms with van der Waals surface area (Å²) in [5.41, 5.74) is 0. The lowest BCUT2D eigenvalue weighted by Crippen LogP contribution is -2.17. The highest BCUT2D eigenvalue weighted by Crippen LogP contribution is 2.24. The Labute approximate surface area is 98.6 Å². The van der Waals surface area contributed by atoms with Gasteiger partial charge in [0.2, 0.25) is 11.7 Å². The van der Waals surface area contributed by atoms with Crippen molar-refractivity contribution in [1.29, 1.82) is 0 Å². The van der Waals surface area contributed by atoms with E-state index in [4.69, 9.17) is 9.26 Å². The Morgan fingerprint density at radius 3 is 3.31 bits per heavy atom. The molecule has 0 aliphatic carbocycles. The maximum atomic E-state index is 5.56. The highest BCUT2D eigenvalue weighted by molar-refractivity contribution is 7.99. The van der Waals surface area contributed by atoms with Gasteiger partial charge in [0, 0.05) is 18.1 Å². The molecule has 1 aliphatic rings. The average molecular weight is 241 g/mol. The lowest BCUT2D eigenvalue weighted by atomic mass is 10.4. The monoisotopic (exact) mass is 241 g/mol. The quantitative estimate of drug-likeness (QED) is 0.616. The number of hydrogen-bond acceptors (Lipinski definition) is 6. The SMILES string of the molecule is C=CCNCc1nc(C2CSCCO2)no1. The van der Waals surface area contributed by atoms with Crippen molar-refractivity contribution in [3.05, 3.63) is 24.4 Å². The largest absolute Gasteiger partial charge is 0.368 e. The van der Waals surface area contributed by atoms with E-state index in [1.807, 2.05) is 11.8 Å². The zero-order valence-corrected chi connectivity index (χ0v) is 9.83. The molecule has 0 radical (unpaired) electrons. The van der Waals surface area contributed by atoms with Crippen molar-refractivity contribution >= 4 is 11.8 Å². The van der Waals surface area contributed by atoms with Crippen molar-refractivity contribution in [2.24, 2.45) is 0 Å². The molecule has 0 amide bonds. The number of thioether (sulfide) groups is 1. The first-order chi connectivity index (χ1) is 7.90. The van der Waals surface area contributed by atoms with Gasteiger partial charge in [-0.25, -0.2) is 0 Å². The summed E-state index contributed by atoms with van der Waals surface area (Å²) in [6, 6.07) is 0. The van der Waals surface area contributed by atoms with E-state index in [0.717, 1.165) is 24.7 Å². The molecule has 0 saturated carbocycles. The highest BCUT2D eigenvalue weighted by atomic mass is 32.2. The molecule has 6 heteroatoms. The van der Waals surface area contributed by atoms with Crippen LogP contribution in [0.2, 0.25) is 0 Å². The molecule has 16 heavy (non-hydrogen) atoms. The van der Waals surface area contributed by atoms with Gasteiger partial charge < -0.3 is 14.6 Å². The maximum Gasteiger partial charge on any atom is 0.240 e. The van der Waals surface area contributed by atoms with E-state index >= 15 is 0 Å². The Morgan fingerprint density at radius 2 is 2.56 bits per heavy atom. The molecule has 0 aromatic carbocycles. The van der Waals surface area contributed by atoms with E-state index in [9.17, 15) is 0 Å². The van der Waals surface area contributed by atoms with Crippen LogP contribution >= 0.6 is 11.8 Å². The molecule has 1 saturated heterocycles. The minimum Gasteiger partial charge on any atom is -0.368 e. The van der Waals surface area contributed by atoms with Gasteiger partial charge in [-0.2, -0.15) is 16.7 Å². The topological polar surface area (TPSA) is 60.2 Å². The fraction of sp³-hybridized carbons (Fsp3) is 0.600. The molecule has 88 valence electrons. The van der Waals surface area contributed by atoms with E-state index in [2.05, 4.69) is 22.0 Å². The molecular weight excluding hydrogens is 226 g/mol. The summed E-state index contributed by atoms with van der Waals surface area (Å²) < 4.78 is 10.7. The van der Waals surface area contributed by atoms with E-state index in [-0.39, 0.29) is 6.10 Å². The zero-order valence-electron chi connectivity index (χ0n) is 9.02. The lowest BCUT2D eigenvalue weighted by Gasteiger charge is -2.18. The third-order valence-corrected chi connectivity index (χ3v) is 3.15. The maximum absolute atomic E-state index is 5.56. The van der Waals surface area contributed by atoms with Crippen LogP contribution in [0.3, 0.4) is 0 Å². The standard InChI is InChI=1S/C10H15N3O2S/c1-2-3-11-6-9-12-10(13-15-9)8-7-16-5-4-14-8/h2,8,11H,1,3-7H2. The van der Waals surface area contributed by atoms with Crippen LogP contribution in [-0.4, -0.2) is 34.8 Å². The summed E-state index contributed by atoms with van der Waals surface area (Å²) in [4.78, 5) is 4.29. The molecule has 1 atom stereocenters. The van der Waals surface area contributed by atoms with Crippen LogP contribution in [0.5, 0.6) is 0 Å². The fourth-order valence-electron chi connectivity index (χ4n) is 1.39. The number of nitrogens with one attached hydrogen (secondary N) is 1. The molecule has 1 aromatic rings. The second kappa shape index (κ2) is 6.03. The first-order valence-electron chi connectivity index (χ1n) is 5.23. The molecule has 1 aliphatic heterocycles. The second-order valence-electron chi connectivity index (χ2n) is 3.40. The van der Waals surface area contributed by atoms with Crippen molar-refractivity contribution in [3.8, 4) is 0 Å². The summed E-state index contributed by atoms with van der Waals surface area (Å²) in [5, 5.41) is 7.04. The van der Waals surface area contributed by atoms with Crippen LogP contribution in [0.1, 0.15) is 17.8 Å². The molecule has 0 bridgehead atoms. The van der Waals surface area contributed by atoms with Crippen molar-refractivity contribution in [2.75, 3.05) is 24.7 Å². The third-order valence-electron chi connectivity index (χ3n) is 2.15. The van der Waals surface area contributed by atoms with Gasteiger partial charge in [-0.3, -0.25) is 0 Å². The summed E-state index contributed by atoms with van der Waals surface area (Å²) >= 11 is 1.85. The van der Waals surface area contributed by atoms with Crippen LogP contribution in [0, 0.1) is 0 Å². The Balaban J connectivity index is 1.88. The van der Waals surface area contributed by atoms with Crippen molar-refractivity contribution in [2.45, 2.75) is 12.6 Å². The number of ether oxygens (including phenoxy) is 1. The summed E-state index contributed by atoms with van der Waals surface area (Å²) in [6.07, 6.45) is 1.77. The van der Waals surface area contributed by atoms with E-state index < -0.39 is 0 Å². The first-order valence-corrected chi connectivity index (χ1v) is 6.39. The first kappa shape index (κ1) is 11.6. The van der Waals surface area contributed by atoms with Gasteiger partial charge in [-0.15, -0.1) is 6.58 Å². The number of hydrogen-bond donors (Lipinski definition) is 1. The molecule has 0 spiro atoms. The number of nitrogens with zero attached hydrogens (tertiary/aromatic N) is 2. The van der Waals surface area contributed by atoms with Crippen LogP contribution in [-0.2, 0) is 11.3 Å². The molecule has 1 aromatic heterocycles. The Morgan fingerprint density at radius 1 is 1.62 bits per heavy atom. The van der Waals surface area contributed by atoms with Crippen LogP contribution in [0.25, 0.3) is 0 Å². The predicted molar refractivity (Wildman–Crippen MR) is 62.2 cm³/mol. The average Bonchev–Trinajstić information content (AvgIpc) is 2.79. The Hall–Kier alpha value is -0.850. The minimum atomic E-state index is -0.0179. The molecule has 1 unspecified atom stereocenters. The van der Waals surface area contributed by atoms with Gasteiger partial charge in [-0.05, 0) is 0 Å². The third kappa shape index (κ3) is 3.07. The van der Waals surface area contributed by atoms with Gasteiger partial charge in [0.25, 0.3) is 0 Å². The normalized spacial score (nSPS) is 20.9. The van der Waals surface area contributed by atoms with Crippen molar-refractivity contribution < 1.29 is 9.26 Å². The number of rotatable bonds is 5. The van der Waals surface area contributed by atoms with Crippen LogP contribution in [0.4, 0.5) is 0 Å². The zero-order chi connectivity index (χ0) is 11.2. The molecule has 1 fully saturated rings. The molecule has 2 rings (SSSR count). The van der Waals surface area contributed by atoms with Crippen LogP contribution < -0.4 is 5.32 Å². The number of aromatic nitrogens is 2. The van der Waals surface area contributed by atoms with Gasteiger partial charge in [0.05, 0.1) is 13.2 Å². The van der Waals surface area contributed by atoms with E-state index in [1.165, 1.54) is 0 Å². The predicted octanol–water partition coefficient (Wildman–Crippen LogP) is 1.15. The summed E-state index contributed by atoms with van der Waals surface area (Å²) in [7, 11) is 0. The fourth-order valence-corrected chi connectivity index (χ4v) is 2.23. The van der Waals surface area contributed by atoms with Crippen LogP contribution in [0.15, 0.2) is 17.2 Å². The summed E-state index contributed by atoms with van der Waals surface area (Å²) in [6.45, 7) is 5.67. The van der Waals surface area contributed by atoms with Gasteiger partial charge >= 0.3 is 0 Å². The van der Waals surface area contributed by atoms with E-state index in [1.54, 1.807) is 6.08 Å². The Bertz CT molecular complexity index is 337. The molecule has 1 N–H and O–H groups in total. The highest BCUT2D eigenvalue weighted by Gasteiger charge is 2.21. The minimum absolute atomic E-state index is 0.0179. The summed E-state index contributed by atoms with van der Waals surface area (Å²) in [5.74, 6) is 3.19. The molecule has 5 nitrogen and oxygen atoms in total. The van der Waals surface area contributed by atoms with Gasteiger partial charge in [0.1, 0.15) is 6.10 Å². The smallest absolute Gasteiger partial charge is 0.240 e. The molecule has 2 heterocycles. The van der Waals surface area contributed by atoms with Gasteiger partial charge in [-0.1, -0.05) is 11.2 Å². The second-order valence-corrected chi connectivity index (χ2v) is 4.55. The van der Waals surface area contributed by atoms with E-state index in [0.29, 0.717) is 18.3 Å². The van der Waals surface area contributed by atoms with Crippen molar-refractivity contribution in [1.82, 2.24) is 15.5 Å². The lowest BCUT2D eigenvalue weighted by molar-refractivity contribution is 0.0677. The van der Waals surface area contributed by atoms with Crippen molar-refractivity contribution in [3.63, 3.8) is 0 Å². The molecular formula is C10H15N3O2S.